The molecule has 1 aliphatic rings. The van der Waals surface area contributed by atoms with E-state index in [4.69, 9.17) is 16.3 Å². The third-order valence-corrected chi connectivity index (χ3v) is 4.89. The molecule has 150 valence electrons. The Hall–Kier alpha value is -1.27. The van der Waals surface area contributed by atoms with E-state index in [1.807, 2.05) is 17.0 Å². The highest BCUT2D eigenvalue weighted by Crippen LogP contribution is 2.29. The number of nitrogens with zero attached hydrogens (tertiary/aromatic N) is 2. The van der Waals surface area contributed by atoms with Crippen molar-refractivity contribution in [3.05, 3.63) is 35.5 Å². The monoisotopic (exact) mass is 433 g/mol. The van der Waals surface area contributed by atoms with Gasteiger partial charge in [0.1, 0.15) is 11.3 Å². The zero-order chi connectivity index (χ0) is 17.6. The van der Waals surface area contributed by atoms with Crippen LogP contribution in [0.3, 0.4) is 0 Å². The SMILES string of the molecule is CCCN(C(=O)COc1ccc(Cl)c2cccnc12)C1CCNCC1.Cl.Cl. The van der Waals surface area contributed by atoms with E-state index in [-0.39, 0.29) is 37.3 Å². The van der Waals surface area contributed by atoms with Crippen molar-refractivity contribution in [2.24, 2.45) is 0 Å². The Bertz CT molecular complexity index is 739. The predicted molar refractivity (Wildman–Crippen MR) is 115 cm³/mol. The van der Waals surface area contributed by atoms with Crippen LogP contribution in [-0.4, -0.2) is 48.1 Å². The maximum absolute atomic E-state index is 12.7. The molecule has 27 heavy (non-hydrogen) atoms. The molecule has 1 fully saturated rings. The Morgan fingerprint density at radius 1 is 1.30 bits per heavy atom. The first kappa shape index (κ1) is 23.8. The molecule has 1 aromatic heterocycles. The molecule has 0 radical (unpaired) electrons. The number of rotatable bonds is 6. The lowest BCUT2D eigenvalue weighted by Gasteiger charge is -2.34. The van der Waals surface area contributed by atoms with Crippen molar-refractivity contribution in [2.45, 2.75) is 32.2 Å². The van der Waals surface area contributed by atoms with Gasteiger partial charge in [-0.15, -0.1) is 24.8 Å². The summed E-state index contributed by atoms with van der Waals surface area (Å²) in [5.41, 5.74) is 0.687. The minimum Gasteiger partial charge on any atom is -0.481 e. The lowest BCUT2D eigenvalue weighted by Crippen LogP contribution is -2.48. The van der Waals surface area contributed by atoms with Crippen LogP contribution in [0.1, 0.15) is 26.2 Å². The van der Waals surface area contributed by atoms with Gasteiger partial charge in [0.2, 0.25) is 0 Å². The van der Waals surface area contributed by atoms with Crippen LogP contribution in [0.15, 0.2) is 30.5 Å². The van der Waals surface area contributed by atoms with Crippen LogP contribution in [0.2, 0.25) is 5.02 Å². The Morgan fingerprint density at radius 3 is 2.74 bits per heavy atom. The summed E-state index contributed by atoms with van der Waals surface area (Å²) in [5.74, 6) is 0.628. The number of hydrogen-bond acceptors (Lipinski definition) is 4. The molecule has 0 atom stereocenters. The van der Waals surface area contributed by atoms with Gasteiger partial charge in [-0.05, 0) is 56.6 Å². The molecule has 1 N–H and O–H groups in total. The quantitative estimate of drug-likeness (QED) is 0.743. The van der Waals surface area contributed by atoms with Crippen molar-refractivity contribution >= 4 is 53.2 Å². The lowest BCUT2D eigenvalue weighted by molar-refractivity contribution is -0.136. The molecule has 0 bridgehead atoms. The maximum atomic E-state index is 12.7. The van der Waals surface area contributed by atoms with E-state index in [1.54, 1.807) is 18.3 Å². The Morgan fingerprint density at radius 2 is 2.04 bits per heavy atom. The summed E-state index contributed by atoms with van der Waals surface area (Å²) >= 11 is 6.21. The third-order valence-electron chi connectivity index (χ3n) is 4.56. The van der Waals surface area contributed by atoms with Crippen LogP contribution < -0.4 is 10.1 Å². The van der Waals surface area contributed by atoms with E-state index in [0.29, 0.717) is 22.3 Å². The van der Waals surface area contributed by atoms with Crippen molar-refractivity contribution in [3.8, 4) is 5.75 Å². The number of carbonyl (C=O) groups is 1. The fraction of sp³-hybridized carbons (Fsp3) is 0.474. The summed E-state index contributed by atoms with van der Waals surface area (Å²) in [7, 11) is 0. The van der Waals surface area contributed by atoms with Gasteiger partial charge in [-0.2, -0.15) is 0 Å². The summed E-state index contributed by atoms with van der Waals surface area (Å²) in [6.45, 7) is 4.82. The normalized spacial score (nSPS) is 14.1. The number of halogens is 3. The second-order valence-electron chi connectivity index (χ2n) is 6.30. The predicted octanol–water partition coefficient (Wildman–Crippen LogP) is 4.10. The smallest absolute Gasteiger partial charge is 0.260 e. The fourth-order valence-electron chi connectivity index (χ4n) is 3.32. The van der Waals surface area contributed by atoms with Gasteiger partial charge in [0, 0.05) is 24.2 Å². The molecular formula is C19H26Cl3N3O2. The minimum absolute atomic E-state index is 0. The second-order valence-corrected chi connectivity index (χ2v) is 6.71. The fourth-order valence-corrected chi connectivity index (χ4v) is 3.54. The number of benzene rings is 1. The van der Waals surface area contributed by atoms with Gasteiger partial charge in [0.25, 0.3) is 5.91 Å². The molecule has 1 saturated heterocycles. The molecule has 5 nitrogen and oxygen atoms in total. The van der Waals surface area contributed by atoms with E-state index < -0.39 is 0 Å². The molecule has 3 rings (SSSR count). The Labute approximate surface area is 177 Å². The van der Waals surface area contributed by atoms with Crippen molar-refractivity contribution in [1.29, 1.82) is 0 Å². The van der Waals surface area contributed by atoms with Gasteiger partial charge in [-0.1, -0.05) is 18.5 Å². The van der Waals surface area contributed by atoms with Crippen LogP contribution in [0.4, 0.5) is 0 Å². The number of carbonyl (C=O) groups excluding carboxylic acids is 1. The highest BCUT2D eigenvalue weighted by atomic mass is 35.5. The van der Waals surface area contributed by atoms with Crippen LogP contribution in [0, 0.1) is 0 Å². The summed E-state index contributed by atoms with van der Waals surface area (Å²) in [5, 5.41) is 4.80. The topological polar surface area (TPSA) is 54.5 Å². The number of piperidine rings is 1. The Balaban J connectivity index is 0.00000182. The van der Waals surface area contributed by atoms with E-state index in [9.17, 15) is 4.79 Å². The number of hydrogen-bond donors (Lipinski definition) is 1. The highest BCUT2D eigenvalue weighted by molar-refractivity contribution is 6.35. The molecule has 0 aliphatic carbocycles. The van der Waals surface area contributed by atoms with E-state index in [0.717, 1.165) is 44.3 Å². The van der Waals surface area contributed by atoms with E-state index in [2.05, 4.69) is 17.2 Å². The molecular weight excluding hydrogens is 409 g/mol. The number of ether oxygens (including phenoxy) is 1. The van der Waals surface area contributed by atoms with Crippen LogP contribution in [-0.2, 0) is 4.79 Å². The molecule has 2 heterocycles. The molecule has 0 unspecified atom stereocenters. The number of nitrogens with one attached hydrogen (secondary N) is 1. The highest BCUT2D eigenvalue weighted by Gasteiger charge is 2.25. The van der Waals surface area contributed by atoms with E-state index >= 15 is 0 Å². The first-order valence-corrected chi connectivity index (χ1v) is 9.24. The lowest BCUT2D eigenvalue weighted by atomic mass is 10.0. The number of pyridine rings is 1. The van der Waals surface area contributed by atoms with Gasteiger partial charge >= 0.3 is 0 Å². The molecule has 0 spiro atoms. The van der Waals surface area contributed by atoms with Crippen molar-refractivity contribution < 1.29 is 9.53 Å². The molecule has 1 aliphatic heterocycles. The van der Waals surface area contributed by atoms with Crippen molar-refractivity contribution in [2.75, 3.05) is 26.2 Å². The van der Waals surface area contributed by atoms with Gasteiger partial charge in [-0.25, -0.2) is 0 Å². The molecule has 1 aromatic carbocycles. The average molecular weight is 435 g/mol. The maximum Gasteiger partial charge on any atom is 0.260 e. The van der Waals surface area contributed by atoms with Crippen LogP contribution >= 0.6 is 36.4 Å². The average Bonchev–Trinajstić information content (AvgIpc) is 2.66. The van der Waals surface area contributed by atoms with Gasteiger partial charge in [0.15, 0.2) is 6.61 Å². The molecule has 2 aromatic rings. The summed E-state index contributed by atoms with van der Waals surface area (Å²) in [6, 6.07) is 7.60. The zero-order valence-corrected chi connectivity index (χ0v) is 17.7. The van der Waals surface area contributed by atoms with Crippen molar-refractivity contribution in [1.82, 2.24) is 15.2 Å². The number of amides is 1. The minimum atomic E-state index is 0. The Kier molecular flexibility index (Phi) is 10.2. The van der Waals surface area contributed by atoms with Crippen LogP contribution in [0.25, 0.3) is 10.9 Å². The molecule has 1 amide bonds. The summed E-state index contributed by atoms with van der Waals surface area (Å²) in [6.07, 6.45) is 4.64. The van der Waals surface area contributed by atoms with E-state index in [1.165, 1.54) is 0 Å². The first-order valence-electron chi connectivity index (χ1n) is 8.87. The standard InChI is InChI=1S/C19H24ClN3O2.2ClH/c1-2-12-23(14-7-10-21-11-8-14)18(24)13-25-17-6-5-16(20)15-4-3-9-22-19(15)17;;/h3-6,9,14,21H,2,7-8,10-13H2,1H3;2*1H. The first-order chi connectivity index (χ1) is 12.2. The molecule has 8 heteroatoms. The number of aromatic nitrogens is 1. The second kappa shape index (κ2) is 11.5. The number of fused-ring (bicyclic) bond motifs is 1. The van der Waals surface area contributed by atoms with Gasteiger partial charge < -0.3 is 15.0 Å². The van der Waals surface area contributed by atoms with Gasteiger partial charge in [-0.3, -0.25) is 9.78 Å². The summed E-state index contributed by atoms with van der Waals surface area (Å²) < 4.78 is 5.83. The third kappa shape index (κ3) is 5.85. The molecule has 0 saturated carbocycles. The summed E-state index contributed by atoms with van der Waals surface area (Å²) in [4.78, 5) is 19.1. The van der Waals surface area contributed by atoms with Crippen molar-refractivity contribution in [3.63, 3.8) is 0 Å². The van der Waals surface area contributed by atoms with Gasteiger partial charge in [0.05, 0.1) is 5.02 Å². The zero-order valence-electron chi connectivity index (χ0n) is 15.3. The largest absolute Gasteiger partial charge is 0.481 e. The van der Waals surface area contributed by atoms with Crippen LogP contribution in [0.5, 0.6) is 5.75 Å².